The van der Waals surface area contributed by atoms with Gasteiger partial charge in [-0.25, -0.2) is 4.79 Å². The minimum atomic E-state index is -1.53. The Kier molecular flexibility index (Phi) is 11.1. The SMILES string of the molecule is NC(=O)CC(NC(=O)C(N)CCC(=O)O)C(=O)NC(Cc1c[nH]c2ccccc12)C(=O)NC(CS)C(=O)O. The van der Waals surface area contributed by atoms with Crippen molar-refractivity contribution in [3.05, 3.63) is 36.0 Å². The maximum Gasteiger partial charge on any atom is 0.327 e. The summed E-state index contributed by atoms with van der Waals surface area (Å²) in [5.74, 6) is -6.36. The number of primary amides is 1. The quantitative estimate of drug-likeness (QED) is 0.114. The van der Waals surface area contributed by atoms with Crippen LogP contribution < -0.4 is 27.4 Å². The molecule has 14 nitrogen and oxygen atoms in total. The number of carboxylic acids is 2. The average Bonchev–Trinajstić information content (AvgIpc) is 3.26. The Hall–Kier alpha value is -4.11. The van der Waals surface area contributed by atoms with Crippen molar-refractivity contribution in [2.24, 2.45) is 11.5 Å². The number of aromatic nitrogens is 1. The summed E-state index contributed by atoms with van der Waals surface area (Å²) in [6.07, 6.45) is 0.297. The van der Waals surface area contributed by atoms with Crippen LogP contribution in [-0.4, -0.2) is 80.7 Å². The third-order valence-electron chi connectivity index (χ3n) is 5.57. The first kappa shape index (κ1) is 30.1. The Morgan fingerprint density at radius 1 is 0.921 bits per heavy atom. The second-order valence-corrected chi connectivity index (χ2v) is 8.84. The number of carbonyl (C=O) groups excluding carboxylic acids is 4. The van der Waals surface area contributed by atoms with Crippen molar-refractivity contribution in [1.82, 2.24) is 20.9 Å². The van der Waals surface area contributed by atoms with Crippen LogP contribution in [0.4, 0.5) is 0 Å². The molecule has 0 bridgehead atoms. The molecule has 0 saturated carbocycles. The van der Waals surface area contributed by atoms with Crippen molar-refractivity contribution in [1.29, 1.82) is 0 Å². The summed E-state index contributed by atoms with van der Waals surface area (Å²) in [5, 5.41) is 25.8. The van der Waals surface area contributed by atoms with Crippen LogP contribution >= 0.6 is 12.6 Å². The van der Waals surface area contributed by atoms with Crippen molar-refractivity contribution in [3.63, 3.8) is 0 Å². The Morgan fingerprint density at radius 2 is 1.53 bits per heavy atom. The van der Waals surface area contributed by atoms with Crippen molar-refractivity contribution < 1.29 is 39.0 Å². The second kappa shape index (κ2) is 14.0. The number of benzene rings is 1. The Morgan fingerprint density at radius 3 is 2.13 bits per heavy atom. The van der Waals surface area contributed by atoms with E-state index in [0.717, 1.165) is 10.9 Å². The molecule has 1 aromatic heterocycles. The topological polar surface area (TPSA) is 247 Å². The zero-order valence-electron chi connectivity index (χ0n) is 20.2. The molecule has 10 N–H and O–H groups in total. The molecular formula is C23H30N6O8S. The molecule has 2 aromatic rings. The zero-order valence-corrected chi connectivity index (χ0v) is 21.1. The molecular weight excluding hydrogens is 520 g/mol. The molecule has 1 heterocycles. The van der Waals surface area contributed by atoms with E-state index in [1.165, 1.54) is 0 Å². The molecule has 0 fully saturated rings. The van der Waals surface area contributed by atoms with E-state index in [1.54, 1.807) is 30.5 Å². The molecule has 38 heavy (non-hydrogen) atoms. The van der Waals surface area contributed by atoms with Crippen LogP contribution in [-0.2, 0) is 35.2 Å². The van der Waals surface area contributed by atoms with Crippen LogP contribution in [0.25, 0.3) is 10.9 Å². The fourth-order valence-electron chi connectivity index (χ4n) is 3.56. The number of thiol groups is 1. The zero-order chi connectivity index (χ0) is 28.4. The van der Waals surface area contributed by atoms with Crippen LogP contribution in [0.5, 0.6) is 0 Å². The molecule has 15 heteroatoms. The largest absolute Gasteiger partial charge is 0.481 e. The number of amides is 4. The smallest absolute Gasteiger partial charge is 0.327 e. The lowest BCUT2D eigenvalue weighted by molar-refractivity contribution is -0.141. The molecule has 4 atom stereocenters. The highest BCUT2D eigenvalue weighted by Crippen LogP contribution is 2.19. The summed E-state index contributed by atoms with van der Waals surface area (Å²) >= 11 is 3.93. The number of para-hydroxylation sites is 1. The lowest BCUT2D eigenvalue weighted by Crippen LogP contribution is -2.58. The summed E-state index contributed by atoms with van der Waals surface area (Å²) in [5.41, 5.74) is 12.3. The number of carbonyl (C=O) groups is 6. The number of fused-ring (bicyclic) bond motifs is 1. The van der Waals surface area contributed by atoms with Crippen LogP contribution in [0.15, 0.2) is 30.5 Å². The van der Waals surface area contributed by atoms with Crippen molar-refractivity contribution in [3.8, 4) is 0 Å². The third kappa shape index (κ3) is 8.77. The van der Waals surface area contributed by atoms with Crippen molar-refractivity contribution in [2.75, 3.05) is 5.75 Å². The van der Waals surface area contributed by atoms with Gasteiger partial charge < -0.3 is 42.6 Å². The number of rotatable bonds is 15. The lowest BCUT2D eigenvalue weighted by Gasteiger charge is -2.24. The van der Waals surface area contributed by atoms with Gasteiger partial charge in [-0.15, -0.1) is 0 Å². The predicted molar refractivity (Wildman–Crippen MR) is 138 cm³/mol. The van der Waals surface area contributed by atoms with E-state index in [1.807, 2.05) is 0 Å². The minimum absolute atomic E-state index is 0.0736. The maximum atomic E-state index is 13.1. The Bertz CT molecular complexity index is 1200. The molecule has 0 spiro atoms. The van der Waals surface area contributed by atoms with Gasteiger partial charge in [0, 0.05) is 35.7 Å². The molecule has 0 aliphatic heterocycles. The summed E-state index contributed by atoms with van der Waals surface area (Å²) in [4.78, 5) is 75.4. The number of hydrogen-bond acceptors (Lipinski definition) is 8. The van der Waals surface area contributed by atoms with Gasteiger partial charge in [0.1, 0.15) is 18.1 Å². The number of nitrogens with two attached hydrogens (primary N) is 2. The summed E-state index contributed by atoms with van der Waals surface area (Å²) < 4.78 is 0. The second-order valence-electron chi connectivity index (χ2n) is 8.48. The van der Waals surface area contributed by atoms with Crippen molar-refractivity contribution in [2.45, 2.75) is 49.9 Å². The van der Waals surface area contributed by atoms with Gasteiger partial charge in [-0.2, -0.15) is 12.6 Å². The van der Waals surface area contributed by atoms with Gasteiger partial charge in [0.05, 0.1) is 12.5 Å². The molecule has 1 aromatic carbocycles. The highest BCUT2D eigenvalue weighted by Gasteiger charge is 2.31. The van der Waals surface area contributed by atoms with Gasteiger partial charge in [0.2, 0.25) is 23.6 Å². The van der Waals surface area contributed by atoms with Crippen LogP contribution in [0.3, 0.4) is 0 Å². The predicted octanol–water partition coefficient (Wildman–Crippen LogP) is -1.75. The number of carboxylic acid groups (broad SMARTS) is 2. The van der Waals surface area contributed by atoms with E-state index >= 15 is 0 Å². The number of nitrogens with one attached hydrogen (secondary N) is 4. The van der Waals surface area contributed by atoms with Crippen LogP contribution in [0.2, 0.25) is 0 Å². The number of hydrogen-bond donors (Lipinski definition) is 9. The number of H-pyrrole nitrogens is 1. The van der Waals surface area contributed by atoms with E-state index in [0.29, 0.717) is 5.56 Å². The van der Waals surface area contributed by atoms with Gasteiger partial charge in [-0.3, -0.25) is 24.0 Å². The first-order valence-corrected chi connectivity index (χ1v) is 12.1. The Balaban J connectivity index is 2.28. The van der Waals surface area contributed by atoms with E-state index < -0.39 is 72.6 Å². The number of aromatic amines is 1. The standard InChI is InChI=1S/C23H30N6O8S/c24-13(5-6-19(31)32)20(33)27-16(8-18(25)30)22(35)28-15(21(34)29-17(10-38)23(36)37)7-11-9-26-14-4-2-1-3-12(11)14/h1-4,9,13,15-17,26,38H,5-8,10,24H2,(H2,25,30)(H,27,33)(H,28,35)(H,29,34)(H,31,32)(H,36,37). The van der Waals surface area contributed by atoms with Crippen LogP contribution in [0, 0.1) is 0 Å². The van der Waals surface area contributed by atoms with E-state index in [-0.39, 0.29) is 18.6 Å². The van der Waals surface area contributed by atoms with Gasteiger partial charge in [0.25, 0.3) is 0 Å². The lowest BCUT2D eigenvalue weighted by atomic mass is 10.0. The first-order chi connectivity index (χ1) is 17.9. The van der Waals surface area contributed by atoms with E-state index in [2.05, 4.69) is 33.6 Å². The van der Waals surface area contributed by atoms with E-state index in [4.69, 9.17) is 16.6 Å². The molecule has 0 aliphatic rings. The summed E-state index contributed by atoms with van der Waals surface area (Å²) in [6.45, 7) is 0. The highest BCUT2D eigenvalue weighted by atomic mass is 32.1. The molecule has 2 rings (SSSR count). The normalized spacial score (nSPS) is 14.1. The molecule has 0 saturated heterocycles. The minimum Gasteiger partial charge on any atom is -0.481 e. The average molecular weight is 551 g/mol. The van der Waals surface area contributed by atoms with Gasteiger partial charge >= 0.3 is 11.9 Å². The summed E-state index contributed by atoms with van der Waals surface area (Å²) in [7, 11) is 0. The maximum absolute atomic E-state index is 13.1. The number of aliphatic carboxylic acids is 2. The van der Waals surface area contributed by atoms with Gasteiger partial charge in [-0.05, 0) is 18.1 Å². The fraction of sp³-hybridized carbons (Fsp3) is 0.391. The molecule has 4 amide bonds. The van der Waals surface area contributed by atoms with Crippen molar-refractivity contribution >= 4 is 59.1 Å². The fourth-order valence-corrected chi connectivity index (χ4v) is 3.81. The first-order valence-electron chi connectivity index (χ1n) is 11.5. The molecule has 206 valence electrons. The highest BCUT2D eigenvalue weighted by molar-refractivity contribution is 7.80. The van der Waals surface area contributed by atoms with Gasteiger partial charge in [-0.1, -0.05) is 18.2 Å². The third-order valence-corrected chi connectivity index (χ3v) is 5.94. The monoisotopic (exact) mass is 550 g/mol. The van der Waals surface area contributed by atoms with E-state index in [9.17, 15) is 33.9 Å². The summed E-state index contributed by atoms with van der Waals surface area (Å²) in [6, 6.07) is 1.69. The van der Waals surface area contributed by atoms with Crippen LogP contribution in [0.1, 0.15) is 24.8 Å². The molecule has 0 radical (unpaired) electrons. The molecule has 4 unspecified atom stereocenters. The Labute approximate surface area is 222 Å². The molecule has 0 aliphatic carbocycles. The van der Waals surface area contributed by atoms with Gasteiger partial charge in [0.15, 0.2) is 0 Å².